The monoisotopic (exact) mass is 264 g/mol. The number of rotatable bonds is 3. The number of hydrogen-bond donors (Lipinski definition) is 2. The molecule has 1 N–H and O–H groups in total. The summed E-state index contributed by atoms with van der Waals surface area (Å²) in [5, 5.41) is 2.77. The van der Waals surface area contributed by atoms with E-state index in [1.807, 2.05) is 24.3 Å². The van der Waals surface area contributed by atoms with Crippen molar-refractivity contribution in [1.82, 2.24) is 10.2 Å². The number of thiol groups is 1. The summed E-state index contributed by atoms with van der Waals surface area (Å²) in [6, 6.07) is 7.07. The molecule has 1 aromatic rings. The van der Waals surface area contributed by atoms with E-state index < -0.39 is 0 Å². The molecular formula is C13H16N2O2S. The van der Waals surface area contributed by atoms with Gasteiger partial charge in [0, 0.05) is 18.5 Å². The molecule has 1 aromatic carbocycles. The predicted octanol–water partition coefficient (Wildman–Crippen LogP) is 0.865. The zero-order valence-corrected chi connectivity index (χ0v) is 11.1. The minimum absolute atomic E-state index is 0.00550. The van der Waals surface area contributed by atoms with Crippen LogP contribution in [0.4, 0.5) is 0 Å². The summed E-state index contributed by atoms with van der Waals surface area (Å²) in [6.07, 6.45) is 0.984. The molecule has 4 nitrogen and oxygen atoms in total. The average molecular weight is 264 g/mol. The molecule has 18 heavy (non-hydrogen) atoms. The van der Waals surface area contributed by atoms with Crippen molar-refractivity contribution < 1.29 is 9.59 Å². The third-order valence-electron chi connectivity index (χ3n) is 3.06. The van der Waals surface area contributed by atoms with Crippen LogP contribution in [0.1, 0.15) is 12.0 Å². The highest BCUT2D eigenvalue weighted by Crippen LogP contribution is 2.10. The van der Waals surface area contributed by atoms with Crippen molar-refractivity contribution in [1.29, 1.82) is 0 Å². The van der Waals surface area contributed by atoms with Gasteiger partial charge in [0.05, 0.1) is 6.42 Å². The van der Waals surface area contributed by atoms with E-state index in [9.17, 15) is 9.59 Å². The van der Waals surface area contributed by atoms with E-state index in [1.54, 1.807) is 11.9 Å². The molecule has 0 aliphatic carbocycles. The standard InChI is InChI=1S/C13H16N2O2S/c1-15-7-6-11(13(15)17)14-12(16)8-9-2-4-10(18)5-3-9/h2-5,11,18H,6-8H2,1H3,(H,14,16). The van der Waals surface area contributed by atoms with E-state index in [0.29, 0.717) is 19.4 Å². The molecule has 0 saturated carbocycles. The molecule has 1 atom stereocenters. The van der Waals surface area contributed by atoms with Crippen LogP contribution in [-0.4, -0.2) is 36.3 Å². The molecule has 0 aromatic heterocycles. The van der Waals surface area contributed by atoms with Gasteiger partial charge < -0.3 is 10.2 Å². The Bertz CT molecular complexity index is 459. The Morgan fingerprint density at radius 3 is 2.67 bits per heavy atom. The van der Waals surface area contributed by atoms with Gasteiger partial charge in [-0.25, -0.2) is 0 Å². The van der Waals surface area contributed by atoms with Crippen molar-refractivity contribution in [2.45, 2.75) is 23.8 Å². The molecule has 0 radical (unpaired) electrons. The van der Waals surface area contributed by atoms with E-state index in [1.165, 1.54) is 0 Å². The lowest BCUT2D eigenvalue weighted by Crippen LogP contribution is -2.41. The summed E-state index contributed by atoms with van der Waals surface area (Å²) < 4.78 is 0. The fourth-order valence-corrected chi connectivity index (χ4v) is 2.15. The summed E-state index contributed by atoms with van der Waals surface area (Å²) in [4.78, 5) is 26.0. The SMILES string of the molecule is CN1CCC(NC(=O)Cc2ccc(S)cc2)C1=O. The molecular weight excluding hydrogens is 248 g/mol. The van der Waals surface area contributed by atoms with Gasteiger partial charge in [0.15, 0.2) is 0 Å². The zero-order valence-electron chi connectivity index (χ0n) is 10.2. The molecule has 96 valence electrons. The predicted molar refractivity (Wildman–Crippen MR) is 71.6 cm³/mol. The van der Waals surface area contributed by atoms with Crippen molar-refractivity contribution in [2.75, 3.05) is 13.6 Å². The smallest absolute Gasteiger partial charge is 0.244 e. The Morgan fingerprint density at radius 1 is 1.44 bits per heavy atom. The maximum Gasteiger partial charge on any atom is 0.244 e. The minimum atomic E-state index is -0.355. The van der Waals surface area contributed by atoms with E-state index in [0.717, 1.165) is 10.5 Å². The first-order valence-electron chi connectivity index (χ1n) is 5.88. The van der Waals surface area contributed by atoms with Gasteiger partial charge in [-0.05, 0) is 24.1 Å². The first-order valence-corrected chi connectivity index (χ1v) is 6.33. The first-order chi connectivity index (χ1) is 8.56. The van der Waals surface area contributed by atoms with Crippen LogP contribution in [0.5, 0.6) is 0 Å². The largest absolute Gasteiger partial charge is 0.344 e. The molecule has 1 heterocycles. The van der Waals surface area contributed by atoms with Gasteiger partial charge in [0.2, 0.25) is 11.8 Å². The quantitative estimate of drug-likeness (QED) is 0.796. The number of nitrogens with zero attached hydrogens (tertiary/aromatic N) is 1. The lowest BCUT2D eigenvalue weighted by atomic mass is 10.1. The summed E-state index contributed by atoms with van der Waals surface area (Å²) in [7, 11) is 1.75. The number of benzene rings is 1. The molecule has 1 fully saturated rings. The lowest BCUT2D eigenvalue weighted by molar-refractivity contribution is -0.131. The normalized spacial score (nSPS) is 19.1. The highest BCUT2D eigenvalue weighted by molar-refractivity contribution is 7.80. The number of likely N-dealkylation sites (tertiary alicyclic amines) is 1. The van der Waals surface area contributed by atoms with Crippen LogP contribution in [0.3, 0.4) is 0 Å². The number of nitrogens with one attached hydrogen (secondary N) is 1. The van der Waals surface area contributed by atoms with Crippen LogP contribution < -0.4 is 5.32 Å². The topological polar surface area (TPSA) is 49.4 Å². The third kappa shape index (κ3) is 3.04. The lowest BCUT2D eigenvalue weighted by Gasteiger charge is -2.12. The second-order valence-corrected chi connectivity index (χ2v) is 5.03. The van der Waals surface area contributed by atoms with Crippen molar-refractivity contribution in [3.05, 3.63) is 29.8 Å². The van der Waals surface area contributed by atoms with Crippen LogP contribution in [0, 0.1) is 0 Å². The highest BCUT2D eigenvalue weighted by Gasteiger charge is 2.29. The van der Waals surface area contributed by atoms with E-state index in [4.69, 9.17) is 0 Å². The number of carbonyl (C=O) groups excluding carboxylic acids is 2. The summed E-state index contributed by atoms with van der Waals surface area (Å²) >= 11 is 4.19. The van der Waals surface area contributed by atoms with Crippen LogP contribution in [-0.2, 0) is 16.0 Å². The third-order valence-corrected chi connectivity index (χ3v) is 3.36. The molecule has 2 rings (SSSR count). The molecule has 1 aliphatic heterocycles. The minimum Gasteiger partial charge on any atom is -0.344 e. The number of carbonyl (C=O) groups is 2. The van der Waals surface area contributed by atoms with Crippen molar-refractivity contribution in [3.63, 3.8) is 0 Å². The van der Waals surface area contributed by atoms with Crippen LogP contribution in [0.2, 0.25) is 0 Å². The number of likely N-dealkylation sites (N-methyl/N-ethyl adjacent to an activating group) is 1. The molecule has 1 aliphatic rings. The molecule has 5 heteroatoms. The van der Waals surface area contributed by atoms with Crippen molar-refractivity contribution in [2.24, 2.45) is 0 Å². The Morgan fingerprint density at radius 2 is 2.11 bits per heavy atom. The highest BCUT2D eigenvalue weighted by atomic mass is 32.1. The van der Waals surface area contributed by atoms with Crippen LogP contribution in [0.15, 0.2) is 29.2 Å². The van der Waals surface area contributed by atoms with Crippen LogP contribution >= 0.6 is 12.6 Å². The Kier molecular flexibility index (Phi) is 3.91. The molecule has 2 amide bonds. The molecule has 1 saturated heterocycles. The van der Waals surface area contributed by atoms with Gasteiger partial charge >= 0.3 is 0 Å². The summed E-state index contributed by atoms with van der Waals surface area (Å²) in [5.41, 5.74) is 0.920. The van der Waals surface area contributed by atoms with Crippen molar-refractivity contribution in [3.8, 4) is 0 Å². The summed E-state index contributed by atoms with van der Waals surface area (Å²) in [5.74, 6) is -0.121. The fourth-order valence-electron chi connectivity index (χ4n) is 2.00. The molecule has 1 unspecified atom stereocenters. The Balaban J connectivity index is 1.89. The average Bonchev–Trinajstić information content (AvgIpc) is 2.64. The zero-order chi connectivity index (χ0) is 13.1. The second kappa shape index (κ2) is 5.44. The fraction of sp³-hybridized carbons (Fsp3) is 0.385. The van der Waals surface area contributed by atoms with E-state index >= 15 is 0 Å². The first kappa shape index (κ1) is 13.0. The molecule has 0 bridgehead atoms. The second-order valence-electron chi connectivity index (χ2n) is 4.51. The van der Waals surface area contributed by atoms with Gasteiger partial charge in [0.1, 0.15) is 6.04 Å². The van der Waals surface area contributed by atoms with Crippen LogP contribution in [0.25, 0.3) is 0 Å². The Labute approximate surface area is 112 Å². The van der Waals surface area contributed by atoms with Gasteiger partial charge in [0.25, 0.3) is 0 Å². The molecule has 0 spiro atoms. The number of amides is 2. The van der Waals surface area contributed by atoms with E-state index in [-0.39, 0.29) is 17.9 Å². The maximum absolute atomic E-state index is 11.8. The van der Waals surface area contributed by atoms with Crippen molar-refractivity contribution >= 4 is 24.4 Å². The van der Waals surface area contributed by atoms with Gasteiger partial charge in [-0.1, -0.05) is 12.1 Å². The number of hydrogen-bond acceptors (Lipinski definition) is 3. The van der Waals surface area contributed by atoms with E-state index in [2.05, 4.69) is 17.9 Å². The maximum atomic E-state index is 11.8. The van der Waals surface area contributed by atoms with Gasteiger partial charge in [-0.2, -0.15) is 0 Å². The summed E-state index contributed by atoms with van der Waals surface area (Å²) in [6.45, 7) is 0.706. The van der Waals surface area contributed by atoms with Gasteiger partial charge in [-0.15, -0.1) is 12.6 Å². The Hall–Kier alpha value is -1.49. The van der Waals surface area contributed by atoms with Gasteiger partial charge in [-0.3, -0.25) is 9.59 Å².